The van der Waals surface area contributed by atoms with Crippen molar-refractivity contribution in [3.8, 4) is 0 Å². The molecule has 0 radical (unpaired) electrons. The highest BCUT2D eigenvalue weighted by Crippen LogP contribution is 2.19. The molecule has 2 rings (SSSR count). The topological polar surface area (TPSA) is 78.2 Å². The second-order valence-corrected chi connectivity index (χ2v) is 6.63. The first kappa shape index (κ1) is 16.0. The molecular weight excluding hydrogens is 266 g/mol. The molecule has 1 aromatic heterocycles. The van der Waals surface area contributed by atoms with Crippen LogP contribution in [0.2, 0.25) is 0 Å². The lowest BCUT2D eigenvalue weighted by molar-refractivity contribution is 0.119. The van der Waals surface area contributed by atoms with Crippen molar-refractivity contribution in [3.05, 3.63) is 22.2 Å². The van der Waals surface area contributed by atoms with Gasteiger partial charge in [-0.3, -0.25) is 9.69 Å². The average Bonchev–Trinajstić information content (AvgIpc) is 2.46. The molecule has 0 aliphatic carbocycles. The second kappa shape index (κ2) is 6.15. The third-order valence-electron chi connectivity index (χ3n) is 4.25. The van der Waals surface area contributed by atoms with E-state index in [0.29, 0.717) is 6.54 Å². The Morgan fingerprint density at radius 1 is 1.33 bits per heavy atom. The van der Waals surface area contributed by atoms with Crippen molar-refractivity contribution < 1.29 is 0 Å². The van der Waals surface area contributed by atoms with Crippen LogP contribution >= 0.6 is 0 Å². The van der Waals surface area contributed by atoms with Gasteiger partial charge in [-0.2, -0.15) is 0 Å². The SMILES string of the molecule is CC(C)c1nc(N2CCN(C(C)(C)CN)CC2)cc(=O)[nH]1. The lowest BCUT2D eigenvalue weighted by atomic mass is 10.0. The number of aromatic amines is 1. The molecule has 0 amide bonds. The number of rotatable bonds is 4. The van der Waals surface area contributed by atoms with Gasteiger partial charge < -0.3 is 15.6 Å². The van der Waals surface area contributed by atoms with E-state index in [4.69, 9.17) is 5.73 Å². The predicted octanol–water partition coefficient (Wildman–Crippen LogP) is 0.753. The summed E-state index contributed by atoms with van der Waals surface area (Å²) in [7, 11) is 0. The molecule has 0 saturated carbocycles. The fourth-order valence-electron chi connectivity index (χ4n) is 2.57. The number of nitrogens with zero attached hydrogens (tertiary/aromatic N) is 3. The highest BCUT2D eigenvalue weighted by atomic mass is 16.1. The number of H-pyrrole nitrogens is 1. The molecule has 0 aromatic carbocycles. The Kier molecular flexibility index (Phi) is 4.68. The molecule has 6 nitrogen and oxygen atoms in total. The van der Waals surface area contributed by atoms with Crippen molar-refractivity contribution >= 4 is 5.82 Å². The highest BCUT2D eigenvalue weighted by molar-refractivity contribution is 5.38. The minimum atomic E-state index is -0.0755. The fraction of sp³-hybridized carbons (Fsp3) is 0.733. The minimum absolute atomic E-state index is 0.0246. The Hall–Kier alpha value is -1.40. The van der Waals surface area contributed by atoms with Gasteiger partial charge >= 0.3 is 0 Å². The molecule has 1 aliphatic rings. The lowest BCUT2D eigenvalue weighted by Gasteiger charge is -2.43. The van der Waals surface area contributed by atoms with Gasteiger partial charge in [-0.15, -0.1) is 0 Å². The summed E-state index contributed by atoms with van der Waals surface area (Å²) in [5, 5.41) is 0. The van der Waals surface area contributed by atoms with E-state index in [-0.39, 0.29) is 17.0 Å². The van der Waals surface area contributed by atoms with Gasteiger partial charge in [0.15, 0.2) is 0 Å². The molecule has 0 unspecified atom stereocenters. The summed E-state index contributed by atoms with van der Waals surface area (Å²) in [6.07, 6.45) is 0. The van der Waals surface area contributed by atoms with Gasteiger partial charge in [0.25, 0.3) is 5.56 Å². The van der Waals surface area contributed by atoms with Crippen LogP contribution in [0.15, 0.2) is 10.9 Å². The van der Waals surface area contributed by atoms with Gasteiger partial charge in [0.1, 0.15) is 11.6 Å². The van der Waals surface area contributed by atoms with Crippen molar-refractivity contribution in [2.45, 2.75) is 39.2 Å². The Morgan fingerprint density at radius 2 is 1.95 bits per heavy atom. The fourth-order valence-corrected chi connectivity index (χ4v) is 2.57. The van der Waals surface area contributed by atoms with Crippen LogP contribution in [-0.4, -0.2) is 53.1 Å². The maximum absolute atomic E-state index is 11.8. The van der Waals surface area contributed by atoms with Gasteiger partial charge in [0.05, 0.1) is 0 Å². The standard InChI is InChI=1S/C15H27N5O/c1-11(2)14-17-12(9-13(21)18-14)19-5-7-20(8-6-19)15(3,4)10-16/h9,11H,5-8,10,16H2,1-4H3,(H,17,18,21). The van der Waals surface area contributed by atoms with Gasteiger partial charge in [-0.05, 0) is 13.8 Å². The number of nitrogens with one attached hydrogen (secondary N) is 1. The van der Waals surface area contributed by atoms with Crippen molar-refractivity contribution in [2.24, 2.45) is 5.73 Å². The predicted molar refractivity (Wildman–Crippen MR) is 85.9 cm³/mol. The summed E-state index contributed by atoms with van der Waals surface area (Å²) in [4.78, 5) is 23.8. The molecule has 3 N–H and O–H groups in total. The van der Waals surface area contributed by atoms with Gasteiger partial charge in [0, 0.05) is 50.2 Å². The van der Waals surface area contributed by atoms with E-state index in [1.54, 1.807) is 6.07 Å². The monoisotopic (exact) mass is 293 g/mol. The molecule has 1 saturated heterocycles. The van der Waals surface area contributed by atoms with Crippen LogP contribution in [0.3, 0.4) is 0 Å². The van der Waals surface area contributed by atoms with Gasteiger partial charge in [-0.1, -0.05) is 13.8 Å². The summed E-state index contributed by atoms with van der Waals surface area (Å²) in [6.45, 7) is 12.7. The number of piperazine rings is 1. The highest BCUT2D eigenvalue weighted by Gasteiger charge is 2.29. The van der Waals surface area contributed by atoms with E-state index >= 15 is 0 Å². The molecule has 0 atom stereocenters. The van der Waals surface area contributed by atoms with Crippen molar-refractivity contribution in [2.75, 3.05) is 37.6 Å². The lowest BCUT2D eigenvalue weighted by Crippen LogP contribution is -2.57. The van der Waals surface area contributed by atoms with Crippen LogP contribution in [0, 0.1) is 0 Å². The first-order chi connectivity index (χ1) is 9.83. The van der Waals surface area contributed by atoms with Crippen LogP contribution in [0.5, 0.6) is 0 Å². The van der Waals surface area contributed by atoms with Crippen LogP contribution < -0.4 is 16.2 Å². The zero-order chi connectivity index (χ0) is 15.6. The second-order valence-electron chi connectivity index (χ2n) is 6.63. The number of anilines is 1. The smallest absolute Gasteiger partial charge is 0.252 e. The molecule has 2 heterocycles. The Bertz CT molecular complexity index is 529. The number of hydrogen-bond acceptors (Lipinski definition) is 5. The maximum atomic E-state index is 11.8. The first-order valence-corrected chi connectivity index (χ1v) is 7.65. The molecule has 6 heteroatoms. The molecular formula is C15H27N5O. The largest absolute Gasteiger partial charge is 0.354 e. The molecule has 1 aliphatic heterocycles. The number of nitrogens with two attached hydrogens (primary N) is 1. The zero-order valence-corrected chi connectivity index (χ0v) is 13.5. The average molecular weight is 293 g/mol. The molecule has 0 spiro atoms. The van der Waals surface area contributed by atoms with Crippen LogP contribution in [-0.2, 0) is 0 Å². The Labute approximate surface area is 126 Å². The normalized spacial score (nSPS) is 17.5. The number of aromatic nitrogens is 2. The Balaban J connectivity index is 2.11. The van der Waals surface area contributed by atoms with Crippen LogP contribution in [0.1, 0.15) is 39.4 Å². The van der Waals surface area contributed by atoms with Gasteiger partial charge in [-0.25, -0.2) is 4.98 Å². The van der Waals surface area contributed by atoms with Crippen molar-refractivity contribution in [3.63, 3.8) is 0 Å². The molecule has 0 bridgehead atoms. The van der Waals surface area contributed by atoms with Crippen LogP contribution in [0.4, 0.5) is 5.82 Å². The number of hydrogen-bond donors (Lipinski definition) is 2. The van der Waals surface area contributed by atoms with E-state index in [1.807, 2.05) is 13.8 Å². The molecule has 21 heavy (non-hydrogen) atoms. The minimum Gasteiger partial charge on any atom is -0.354 e. The quantitative estimate of drug-likeness (QED) is 0.856. The van der Waals surface area contributed by atoms with Crippen molar-refractivity contribution in [1.29, 1.82) is 0 Å². The van der Waals surface area contributed by atoms with Gasteiger partial charge in [0.2, 0.25) is 0 Å². The van der Waals surface area contributed by atoms with Crippen molar-refractivity contribution in [1.82, 2.24) is 14.9 Å². The van der Waals surface area contributed by atoms with E-state index in [0.717, 1.165) is 37.8 Å². The van der Waals surface area contributed by atoms with E-state index in [1.165, 1.54) is 0 Å². The van der Waals surface area contributed by atoms with Crippen LogP contribution in [0.25, 0.3) is 0 Å². The summed E-state index contributed by atoms with van der Waals surface area (Å²) in [6, 6.07) is 1.59. The third-order valence-corrected chi connectivity index (χ3v) is 4.25. The van der Waals surface area contributed by atoms with E-state index in [9.17, 15) is 4.79 Å². The molecule has 118 valence electrons. The maximum Gasteiger partial charge on any atom is 0.252 e. The van der Waals surface area contributed by atoms with E-state index < -0.39 is 0 Å². The summed E-state index contributed by atoms with van der Waals surface area (Å²) >= 11 is 0. The first-order valence-electron chi connectivity index (χ1n) is 7.65. The molecule has 1 aromatic rings. The summed E-state index contributed by atoms with van der Waals surface area (Å²) < 4.78 is 0. The summed E-state index contributed by atoms with van der Waals surface area (Å²) in [5.41, 5.74) is 5.79. The van der Waals surface area contributed by atoms with E-state index in [2.05, 4.69) is 33.6 Å². The Morgan fingerprint density at radius 3 is 2.48 bits per heavy atom. The zero-order valence-electron chi connectivity index (χ0n) is 13.5. The third kappa shape index (κ3) is 3.63. The molecule has 1 fully saturated rings. The summed E-state index contributed by atoms with van der Waals surface area (Å²) in [5.74, 6) is 1.75.